The highest BCUT2D eigenvalue weighted by Crippen LogP contribution is 2.14. The van der Waals surface area contributed by atoms with Crippen LogP contribution in [0.3, 0.4) is 0 Å². The van der Waals surface area contributed by atoms with E-state index in [1.54, 1.807) is 0 Å². The van der Waals surface area contributed by atoms with Crippen molar-refractivity contribution in [3.63, 3.8) is 0 Å². The van der Waals surface area contributed by atoms with E-state index >= 15 is 0 Å². The van der Waals surface area contributed by atoms with Gasteiger partial charge < -0.3 is 5.11 Å². The van der Waals surface area contributed by atoms with Crippen LogP contribution < -0.4 is 0 Å². The summed E-state index contributed by atoms with van der Waals surface area (Å²) in [6.07, 6.45) is 0.833. The second kappa shape index (κ2) is 6.43. The normalized spacial score (nSPS) is 14.3. The summed E-state index contributed by atoms with van der Waals surface area (Å²) < 4.78 is 11.9. The van der Waals surface area contributed by atoms with Gasteiger partial charge in [0.15, 0.2) is 0 Å². The van der Waals surface area contributed by atoms with Crippen LogP contribution >= 0.6 is 0 Å². The molecule has 0 aromatic heterocycles. The lowest BCUT2D eigenvalue weighted by Gasteiger charge is -2.11. The summed E-state index contributed by atoms with van der Waals surface area (Å²) in [6, 6.07) is 9.17. The first-order chi connectivity index (χ1) is 7.63. The molecule has 0 saturated carbocycles. The van der Waals surface area contributed by atoms with Gasteiger partial charge in [-0.1, -0.05) is 31.5 Å². The Bertz CT molecular complexity index is 362. The number of hydrogen-bond donors (Lipinski definition) is 1. The summed E-state index contributed by atoms with van der Waals surface area (Å²) in [4.78, 5) is 11.4. The maximum absolute atomic E-state index is 11.9. The highest BCUT2D eigenvalue weighted by molar-refractivity contribution is 7.85. The fraction of sp³-hybridized carbons (Fsp3) is 0.417. The van der Waals surface area contributed by atoms with Gasteiger partial charge >= 0.3 is 5.97 Å². The molecular weight excluding hydrogens is 224 g/mol. The van der Waals surface area contributed by atoms with Crippen molar-refractivity contribution >= 4 is 16.8 Å². The Morgan fingerprint density at radius 2 is 2.00 bits per heavy atom. The smallest absolute Gasteiger partial charge is 0.303 e. The van der Waals surface area contributed by atoms with Crippen LogP contribution in [0.4, 0.5) is 0 Å². The van der Waals surface area contributed by atoms with Crippen LogP contribution in [0, 0.1) is 5.92 Å². The minimum atomic E-state index is -1.09. The topological polar surface area (TPSA) is 54.4 Å². The van der Waals surface area contributed by atoms with Crippen molar-refractivity contribution in [1.29, 1.82) is 0 Å². The zero-order chi connectivity index (χ0) is 12.0. The average molecular weight is 240 g/mol. The van der Waals surface area contributed by atoms with Crippen molar-refractivity contribution in [2.75, 3.05) is 5.75 Å². The van der Waals surface area contributed by atoms with Crippen LogP contribution in [0.5, 0.6) is 0 Å². The van der Waals surface area contributed by atoms with Gasteiger partial charge in [0.1, 0.15) is 0 Å². The van der Waals surface area contributed by atoms with Gasteiger partial charge in [-0.15, -0.1) is 0 Å². The van der Waals surface area contributed by atoms with Gasteiger partial charge in [0.25, 0.3) is 0 Å². The van der Waals surface area contributed by atoms with Crippen LogP contribution in [-0.2, 0) is 15.6 Å². The Kier molecular flexibility index (Phi) is 5.19. The maximum Gasteiger partial charge on any atom is 0.303 e. The quantitative estimate of drug-likeness (QED) is 0.830. The molecule has 2 atom stereocenters. The molecule has 1 N–H and O–H groups in total. The first-order valence-electron chi connectivity index (χ1n) is 5.28. The van der Waals surface area contributed by atoms with Crippen LogP contribution in [0.15, 0.2) is 35.2 Å². The number of carboxylic acid groups (broad SMARTS) is 1. The molecule has 0 bridgehead atoms. The fourth-order valence-corrected chi connectivity index (χ4v) is 2.89. The van der Waals surface area contributed by atoms with Crippen molar-refractivity contribution in [2.24, 2.45) is 5.92 Å². The van der Waals surface area contributed by atoms with Crippen molar-refractivity contribution in [3.8, 4) is 0 Å². The molecule has 88 valence electrons. The zero-order valence-electron chi connectivity index (χ0n) is 9.26. The lowest BCUT2D eigenvalue weighted by Crippen LogP contribution is -2.14. The van der Waals surface area contributed by atoms with Crippen molar-refractivity contribution in [2.45, 2.75) is 24.7 Å². The van der Waals surface area contributed by atoms with E-state index in [1.165, 1.54) is 0 Å². The molecule has 1 rings (SSSR count). The van der Waals surface area contributed by atoms with Gasteiger partial charge in [0.05, 0.1) is 10.8 Å². The number of carboxylic acids is 1. The van der Waals surface area contributed by atoms with Gasteiger partial charge in [0.2, 0.25) is 0 Å². The minimum absolute atomic E-state index is 0.0152. The summed E-state index contributed by atoms with van der Waals surface area (Å²) in [5.74, 6) is -0.414. The molecule has 0 heterocycles. The summed E-state index contributed by atoms with van der Waals surface area (Å²) in [7, 11) is -1.09. The summed E-state index contributed by atoms with van der Waals surface area (Å²) in [5.41, 5.74) is 0. The predicted molar refractivity (Wildman–Crippen MR) is 63.8 cm³/mol. The minimum Gasteiger partial charge on any atom is -0.481 e. The van der Waals surface area contributed by atoms with Crippen molar-refractivity contribution in [1.82, 2.24) is 0 Å². The largest absolute Gasteiger partial charge is 0.481 e. The van der Waals surface area contributed by atoms with E-state index in [4.69, 9.17) is 5.11 Å². The number of hydrogen-bond acceptors (Lipinski definition) is 2. The van der Waals surface area contributed by atoms with Crippen LogP contribution in [0.25, 0.3) is 0 Å². The summed E-state index contributed by atoms with van der Waals surface area (Å²) in [6.45, 7) is 1.93. The van der Waals surface area contributed by atoms with E-state index in [0.29, 0.717) is 5.75 Å². The Morgan fingerprint density at radius 1 is 1.38 bits per heavy atom. The molecule has 0 radical (unpaired) electrons. The monoisotopic (exact) mass is 240 g/mol. The third kappa shape index (κ3) is 4.14. The van der Waals surface area contributed by atoms with E-state index in [2.05, 4.69) is 0 Å². The SMILES string of the molecule is CCC(CC(=O)O)CS(=O)c1ccccc1. The highest BCUT2D eigenvalue weighted by Gasteiger charge is 2.15. The number of carbonyl (C=O) groups is 1. The number of rotatable bonds is 6. The number of aliphatic carboxylic acids is 1. The second-order valence-corrected chi connectivity index (χ2v) is 5.19. The van der Waals surface area contributed by atoms with Gasteiger partial charge in [-0.05, 0) is 18.1 Å². The van der Waals surface area contributed by atoms with E-state index in [-0.39, 0.29) is 12.3 Å². The molecule has 3 nitrogen and oxygen atoms in total. The van der Waals surface area contributed by atoms with Crippen molar-refractivity contribution in [3.05, 3.63) is 30.3 Å². The maximum atomic E-state index is 11.9. The molecule has 0 saturated heterocycles. The predicted octanol–water partition coefficient (Wildman–Crippen LogP) is 2.30. The first-order valence-corrected chi connectivity index (χ1v) is 6.60. The Labute approximate surface area is 98.0 Å². The Balaban J connectivity index is 2.59. The molecule has 0 fully saturated rings. The zero-order valence-corrected chi connectivity index (χ0v) is 10.1. The van der Waals surface area contributed by atoms with E-state index in [9.17, 15) is 9.00 Å². The third-order valence-corrected chi connectivity index (χ3v) is 4.01. The molecule has 0 aliphatic carbocycles. The second-order valence-electron chi connectivity index (χ2n) is 3.70. The molecule has 0 amide bonds. The molecule has 1 aromatic rings. The average Bonchev–Trinajstić information content (AvgIpc) is 2.28. The third-order valence-electron chi connectivity index (χ3n) is 2.43. The molecule has 0 aliphatic heterocycles. The molecule has 1 aromatic carbocycles. The molecule has 0 spiro atoms. The van der Waals surface area contributed by atoms with E-state index in [0.717, 1.165) is 11.3 Å². The van der Waals surface area contributed by atoms with Gasteiger partial charge in [-0.3, -0.25) is 9.00 Å². The van der Waals surface area contributed by atoms with Crippen LogP contribution in [0.1, 0.15) is 19.8 Å². The molecule has 16 heavy (non-hydrogen) atoms. The lowest BCUT2D eigenvalue weighted by molar-refractivity contribution is -0.137. The molecular formula is C12H16O3S. The standard InChI is InChI=1S/C12H16O3S/c1-2-10(8-12(13)14)9-16(15)11-6-4-3-5-7-11/h3-7,10H,2,8-9H2,1H3,(H,13,14). The molecule has 4 heteroatoms. The van der Waals surface area contributed by atoms with Gasteiger partial charge in [0, 0.05) is 17.1 Å². The van der Waals surface area contributed by atoms with E-state index < -0.39 is 16.8 Å². The molecule has 0 aliphatic rings. The van der Waals surface area contributed by atoms with E-state index in [1.807, 2.05) is 37.3 Å². The fourth-order valence-electron chi connectivity index (χ4n) is 1.45. The lowest BCUT2D eigenvalue weighted by atomic mass is 10.1. The molecule has 2 unspecified atom stereocenters. The summed E-state index contributed by atoms with van der Waals surface area (Å²) >= 11 is 0. The first kappa shape index (κ1) is 12.9. The van der Waals surface area contributed by atoms with Crippen molar-refractivity contribution < 1.29 is 14.1 Å². The Hall–Kier alpha value is -1.16. The number of benzene rings is 1. The van der Waals surface area contributed by atoms with Gasteiger partial charge in [-0.25, -0.2) is 0 Å². The summed E-state index contributed by atoms with van der Waals surface area (Å²) in [5, 5.41) is 8.70. The Morgan fingerprint density at radius 3 is 2.50 bits per heavy atom. The van der Waals surface area contributed by atoms with Gasteiger partial charge in [-0.2, -0.15) is 0 Å². The van der Waals surface area contributed by atoms with Crippen LogP contribution in [0.2, 0.25) is 0 Å². The van der Waals surface area contributed by atoms with Crippen LogP contribution in [-0.4, -0.2) is 21.0 Å². The highest BCUT2D eigenvalue weighted by atomic mass is 32.2.